The van der Waals surface area contributed by atoms with Crippen molar-refractivity contribution in [3.8, 4) is 5.75 Å². The maximum Gasteiger partial charge on any atom is 0.124 e. The minimum atomic E-state index is -0.165. The number of rotatable bonds is 4. The summed E-state index contributed by atoms with van der Waals surface area (Å²) in [5, 5.41) is 0. The maximum atomic E-state index is 6.43. The molecule has 0 radical (unpaired) electrons. The summed E-state index contributed by atoms with van der Waals surface area (Å²) < 4.78 is 5.68. The van der Waals surface area contributed by atoms with Crippen LogP contribution < -0.4 is 10.5 Å². The van der Waals surface area contributed by atoms with Crippen LogP contribution in [0.2, 0.25) is 0 Å². The van der Waals surface area contributed by atoms with Gasteiger partial charge in [0.15, 0.2) is 0 Å². The highest BCUT2D eigenvalue weighted by Crippen LogP contribution is 2.30. The Bertz CT molecular complexity index is 581. The van der Waals surface area contributed by atoms with Crippen LogP contribution in [0.1, 0.15) is 50.4 Å². The van der Waals surface area contributed by atoms with Gasteiger partial charge in [-0.15, -0.1) is 0 Å². The molecule has 2 aromatic rings. The molecule has 0 aromatic heterocycles. The third-order valence-electron chi connectivity index (χ3n) is 3.69. The first-order valence-electron chi connectivity index (χ1n) is 7.51. The lowest BCUT2D eigenvalue weighted by Crippen LogP contribution is -2.15. The highest BCUT2D eigenvalue weighted by molar-refractivity contribution is 5.42. The molecule has 1 atom stereocenters. The van der Waals surface area contributed by atoms with Crippen molar-refractivity contribution in [2.45, 2.75) is 39.2 Å². The zero-order valence-corrected chi connectivity index (χ0v) is 13.4. The highest BCUT2D eigenvalue weighted by Gasteiger charge is 2.16. The molecule has 21 heavy (non-hydrogen) atoms. The van der Waals surface area contributed by atoms with Crippen molar-refractivity contribution in [1.82, 2.24) is 0 Å². The van der Waals surface area contributed by atoms with Gasteiger partial charge in [0, 0.05) is 5.56 Å². The molecular formula is C19H25NO. The van der Waals surface area contributed by atoms with Crippen LogP contribution in [0, 0.1) is 0 Å². The van der Waals surface area contributed by atoms with Crippen LogP contribution >= 0.6 is 0 Å². The average Bonchev–Trinajstić information content (AvgIpc) is 2.47. The third kappa shape index (κ3) is 3.64. The van der Waals surface area contributed by atoms with E-state index >= 15 is 0 Å². The van der Waals surface area contributed by atoms with Gasteiger partial charge < -0.3 is 10.5 Å². The van der Waals surface area contributed by atoms with Gasteiger partial charge in [-0.3, -0.25) is 0 Å². The van der Waals surface area contributed by atoms with Crippen molar-refractivity contribution in [2.24, 2.45) is 5.73 Å². The van der Waals surface area contributed by atoms with Crippen LogP contribution in [0.4, 0.5) is 0 Å². The molecule has 0 saturated carbocycles. The van der Waals surface area contributed by atoms with Gasteiger partial charge >= 0.3 is 0 Å². The minimum absolute atomic E-state index is 0.159. The highest BCUT2D eigenvalue weighted by atomic mass is 16.5. The number of nitrogens with two attached hydrogens (primary N) is 1. The van der Waals surface area contributed by atoms with E-state index in [9.17, 15) is 0 Å². The molecule has 1 unspecified atom stereocenters. The number of hydrogen-bond acceptors (Lipinski definition) is 2. The average molecular weight is 283 g/mol. The van der Waals surface area contributed by atoms with Crippen LogP contribution in [0.5, 0.6) is 5.75 Å². The number of hydrogen-bond donors (Lipinski definition) is 1. The van der Waals surface area contributed by atoms with Crippen molar-refractivity contribution in [3.63, 3.8) is 0 Å². The van der Waals surface area contributed by atoms with Gasteiger partial charge in [-0.05, 0) is 29.5 Å². The van der Waals surface area contributed by atoms with E-state index < -0.39 is 0 Å². The van der Waals surface area contributed by atoms with Gasteiger partial charge in [0.05, 0.1) is 12.6 Å². The predicted molar refractivity (Wildman–Crippen MR) is 88.8 cm³/mol. The van der Waals surface area contributed by atoms with Gasteiger partial charge in [0.1, 0.15) is 5.75 Å². The first-order valence-corrected chi connectivity index (χ1v) is 7.51. The van der Waals surface area contributed by atoms with Gasteiger partial charge in [-0.2, -0.15) is 0 Å². The normalized spacial score (nSPS) is 13.0. The Morgan fingerprint density at radius 2 is 1.62 bits per heavy atom. The standard InChI is InChI=1S/C19H25NO/c1-5-21-17-9-7-6-8-16(17)18(20)14-10-12-15(13-11-14)19(2,3)4/h6-13,18H,5,20H2,1-4H3. The topological polar surface area (TPSA) is 35.2 Å². The Hall–Kier alpha value is -1.80. The molecule has 112 valence electrons. The molecule has 0 spiro atoms. The summed E-state index contributed by atoms with van der Waals surface area (Å²) in [6.45, 7) is 9.28. The van der Waals surface area contributed by atoms with E-state index in [0.717, 1.165) is 16.9 Å². The van der Waals surface area contributed by atoms with Gasteiger partial charge in [-0.25, -0.2) is 0 Å². The summed E-state index contributed by atoms with van der Waals surface area (Å²) in [5.74, 6) is 0.868. The number of benzene rings is 2. The lowest BCUT2D eigenvalue weighted by molar-refractivity contribution is 0.335. The molecule has 0 aliphatic carbocycles. The second-order valence-corrected chi connectivity index (χ2v) is 6.32. The van der Waals surface area contributed by atoms with Gasteiger partial charge in [0.25, 0.3) is 0 Å². The molecule has 0 heterocycles. The van der Waals surface area contributed by atoms with E-state index in [1.165, 1.54) is 5.56 Å². The van der Waals surface area contributed by atoms with E-state index in [1.54, 1.807) is 0 Å². The monoisotopic (exact) mass is 283 g/mol. The molecule has 0 saturated heterocycles. The first kappa shape index (κ1) is 15.6. The zero-order chi connectivity index (χ0) is 15.5. The maximum absolute atomic E-state index is 6.43. The molecule has 0 aliphatic rings. The van der Waals surface area contributed by atoms with Crippen LogP contribution in [-0.4, -0.2) is 6.61 Å². The molecule has 0 bridgehead atoms. The lowest BCUT2D eigenvalue weighted by atomic mass is 9.86. The Kier molecular flexibility index (Phi) is 4.69. The minimum Gasteiger partial charge on any atom is -0.494 e. The fraction of sp³-hybridized carbons (Fsp3) is 0.368. The first-order chi connectivity index (χ1) is 9.93. The van der Waals surface area contributed by atoms with Crippen molar-refractivity contribution in [2.75, 3.05) is 6.61 Å². The van der Waals surface area contributed by atoms with E-state index in [1.807, 2.05) is 31.2 Å². The van der Waals surface area contributed by atoms with Crippen molar-refractivity contribution in [3.05, 3.63) is 65.2 Å². The summed E-state index contributed by atoms with van der Waals surface area (Å²) in [5.41, 5.74) is 10.0. The number of para-hydroxylation sites is 1. The Morgan fingerprint density at radius 3 is 2.19 bits per heavy atom. The quantitative estimate of drug-likeness (QED) is 0.901. The van der Waals surface area contributed by atoms with Crippen molar-refractivity contribution < 1.29 is 4.74 Å². The third-order valence-corrected chi connectivity index (χ3v) is 3.69. The molecule has 0 fully saturated rings. The van der Waals surface area contributed by atoms with Crippen LogP contribution in [0.15, 0.2) is 48.5 Å². The Morgan fingerprint density at radius 1 is 1.00 bits per heavy atom. The summed E-state index contributed by atoms with van der Waals surface area (Å²) in [6.07, 6.45) is 0. The predicted octanol–water partition coefficient (Wildman–Crippen LogP) is 4.43. The molecule has 2 nitrogen and oxygen atoms in total. The molecule has 2 heteroatoms. The molecular weight excluding hydrogens is 258 g/mol. The summed E-state index contributed by atoms with van der Waals surface area (Å²) in [6, 6.07) is 16.4. The van der Waals surface area contributed by atoms with Crippen LogP contribution in [0.25, 0.3) is 0 Å². The fourth-order valence-corrected chi connectivity index (χ4v) is 2.39. The van der Waals surface area contributed by atoms with Crippen molar-refractivity contribution in [1.29, 1.82) is 0 Å². The van der Waals surface area contributed by atoms with E-state index in [4.69, 9.17) is 10.5 Å². The van der Waals surface area contributed by atoms with E-state index in [2.05, 4.69) is 45.0 Å². The molecule has 2 aromatic carbocycles. The molecule has 0 aliphatic heterocycles. The lowest BCUT2D eigenvalue weighted by Gasteiger charge is -2.21. The second kappa shape index (κ2) is 6.31. The molecule has 2 N–H and O–H groups in total. The summed E-state index contributed by atoms with van der Waals surface area (Å²) >= 11 is 0. The van der Waals surface area contributed by atoms with Crippen molar-refractivity contribution >= 4 is 0 Å². The number of ether oxygens (including phenoxy) is 1. The molecule has 2 rings (SSSR count). The second-order valence-electron chi connectivity index (χ2n) is 6.32. The van der Waals surface area contributed by atoms with Crippen LogP contribution in [0.3, 0.4) is 0 Å². The van der Waals surface area contributed by atoms with E-state index in [0.29, 0.717) is 6.61 Å². The summed E-state index contributed by atoms with van der Waals surface area (Å²) in [7, 11) is 0. The largest absolute Gasteiger partial charge is 0.494 e. The fourth-order valence-electron chi connectivity index (χ4n) is 2.39. The smallest absolute Gasteiger partial charge is 0.124 e. The SMILES string of the molecule is CCOc1ccccc1C(N)c1ccc(C(C)(C)C)cc1. The molecule has 0 amide bonds. The van der Waals surface area contributed by atoms with E-state index in [-0.39, 0.29) is 11.5 Å². The van der Waals surface area contributed by atoms with Crippen LogP contribution in [-0.2, 0) is 5.41 Å². The summed E-state index contributed by atoms with van der Waals surface area (Å²) in [4.78, 5) is 0. The van der Waals surface area contributed by atoms with Gasteiger partial charge in [-0.1, -0.05) is 63.2 Å². The van der Waals surface area contributed by atoms with Gasteiger partial charge in [0.2, 0.25) is 0 Å². The Balaban J connectivity index is 2.30. The zero-order valence-electron chi connectivity index (χ0n) is 13.4. The Labute approximate surface area is 127 Å².